The second-order valence-electron chi connectivity index (χ2n) is 6.95. The summed E-state index contributed by atoms with van der Waals surface area (Å²) in [6, 6.07) is 26.1. The third kappa shape index (κ3) is 4.18. The van der Waals surface area contributed by atoms with Crippen molar-refractivity contribution in [1.82, 2.24) is 9.99 Å². The van der Waals surface area contributed by atoms with E-state index >= 15 is 0 Å². The molecule has 0 fully saturated rings. The van der Waals surface area contributed by atoms with E-state index in [1.54, 1.807) is 7.11 Å². The van der Waals surface area contributed by atoms with Crippen molar-refractivity contribution in [2.75, 3.05) is 7.11 Å². The van der Waals surface area contributed by atoms with Gasteiger partial charge in [-0.1, -0.05) is 48.5 Å². The molecule has 0 saturated heterocycles. The number of rotatable bonds is 7. The molecule has 5 nitrogen and oxygen atoms in total. The molecule has 5 heteroatoms. The second kappa shape index (κ2) is 8.97. The van der Waals surface area contributed by atoms with E-state index in [1.165, 1.54) is 0 Å². The van der Waals surface area contributed by atoms with Gasteiger partial charge in [-0.3, -0.25) is 0 Å². The summed E-state index contributed by atoms with van der Waals surface area (Å²) in [5.74, 6) is 0.844. The molecule has 1 N–H and O–H groups in total. The van der Waals surface area contributed by atoms with Crippen molar-refractivity contribution in [1.29, 1.82) is 5.26 Å². The summed E-state index contributed by atoms with van der Waals surface area (Å²) in [5.41, 5.74) is 8.09. The summed E-state index contributed by atoms with van der Waals surface area (Å²) in [4.78, 5) is 0. The lowest BCUT2D eigenvalue weighted by Crippen LogP contribution is -2.06. The molecule has 0 unspecified atom stereocenters. The molecule has 0 aliphatic carbocycles. The second-order valence-corrected chi connectivity index (χ2v) is 6.95. The lowest BCUT2D eigenvalue weighted by Gasteiger charge is -2.07. The van der Waals surface area contributed by atoms with Crippen LogP contribution in [-0.4, -0.2) is 17.9 Å². The van der Waals surface area contributed by atoms with E-state index in [-0.39, 0.29) is 0 Å². The van der Waals surface area contributed by atoms with Crippen LogP contribution in [0.5, 0.6) is 5.75 Å². The zero-order chi connectivity index (χ0) is 20.8. The number of ether oxygens (including phenoxy) is 1. The van der Waals surface area contributed by atoms with Crippen molar-refractivity contribution in [3.63, 3.8) is 0 Å². The molecule has 0 radical (unpaired) electrons. The van der Waals surface area contributed by atoms with E-state index in [2.05, 4.69) is 39.5 Å². The van der Waals surface area contributed by atoms with Crippen LogP contribution in [0, 0.1) is 11.3 Å². The number of hydrogen-bond acceptors (Lipinski definition) is 4. The molecule has 0 bridgehead atoms. The van der Waals surface area contributed by atoms with E-state index in [9.17, 15) is 0 Å². The first-order valence-electron chi connectivity index (χ1n) is 9.73. The number of nitrogens with zero attached hydrogens (tertiary/aromatic N) is 3. The molecule has 1 heterocycles. The van der Waals surface area contributed by atoms with E-state index in [4.69, 9.17) is 10.00 Å². The van der Waals surface area contributed by atoms with Gasteiger partial charge in [0.15, 0.2) is 0 Å². The Kier molecular flexibility index (Phi) is 5.77. The van der Waals surface area contributed by atoms with Gasteiger partial charge in [-0.05, 0) is 29.8 Å². The lowest BCUT2D eigenvalue weighted by atomic mass is 10.1. The summed E-state index contributed by atoms with van der Waals surface area (Å²) in [5, 5.41) is 14.7. The fraction of sp³-hybridized carbons (Fsp3) is 0.120. The number of aromatic nitrogens is 1. The minimum absolute atomic E-state index is 0.583. The summed E-state index contributed by atoms with van der Waals surface area (Å²) in [7, 11) is 1.67. The molecule has 4 aromatic rings. The number of methoxy groups -OCH3 is 1. The van der Waals surface area contributed by atoms with Crippen LogP contribution >= 0.6 is 0 Å². The van der Waals surface area contributed by atoms with Crippen LogP contribution in [0.4, 0.5) is 0 Å². The first-order valence-corrected chi connectivity index (χ1v) is 9.73. The molecule has 148 valence electrons. The van der Waals surface area contributed by atoms with Gasteiger partial charge in [0.05, 0.1) is 31.5 Å². The molecular formula is C25H22N4O. The molecule has 3 aromatic carbocycles. The maximum Gasteiger partial charge on any atom is 0.123 e. The van der Waals surface area contributed by atoms with Crippen LogP contribution < -0.4 is 10.2 Å². The number of nitrogens with one attached hydrogen (secondary N) is 1. The SMILES string of the molecule is COc1ccccc1CN/N=C/c1cn(Cc2cccc(C#N)c2)c2ccccc12. The maximum absolute atomic E-state index is 9.15. The number of hydrogen-bond donors (Lipinski definition) is 1. The molecule has 0 aliphatic rings. The minimum Gasteiger partial charge on any atom is -0.496 e. The largest absolute Gasteiger partial charge is 0.496 e. The van der Waals surface area contributed by atoms with Gasteiger partial charge in [-0.15, -0.1) is 0 Å². The van der Waals surface area contributed by atoms with Crippen LogP contribution in [0.3, 0.4) is 0 Å². The monoisotopic (exact) mass is 394 g/mol. The van der Waals surface area contributed by atoms with Gasteiger partial charge in [0.1, 0.15) is 5.75 Å². The molecular weight excluding hydrogens is 372 g/mol. The standard InChI is InChI=1S/C25H22N4O/c1-30-25-12-5-2-9-21(25)15-27-28-16-22-18-29(24-11-4-3-10-23(22)24)17-20-8-6-7-19(13-20)14-26/h2-13,16,18,27H,15,17H2,1H3/b28-16+. The fourth-order valence-electron chi connectivity index (χ4n) is 3.54. The predicted molar refractivity (Wildman–Crippen MR) is 120 cm³/mol. The average Bonchev–Trinajstić information content (AvgIpc) is 3.14. The lowest BCUT2D eigenvalue weighted by molar-refractivity contribution is 0.408. The Morgan fingerprint density at radius 2 is 1.90 bits per heavy atom. The smallest absolute Gasteiger partial charge is 0.123 e. The zero-order valence-corrected chi connectivity index (χ0v) is 16.7. The van der Waals surface area contributed by atoms with Crippen LogP contribution in [0.25, 0.3) is 10.9 Å². The summed E-state index contributed by atoms with van der Waals surface area (Å²) < 4.78 is 7.57. The Morgan fingerprint density at radius 1 is 1.07 bits per heavy atom. The Morgan fingerprint density at radius 3 is 2.77 bits per heavy atom. The Bertz CT molecular complexity index is 1230. The van der Waals surface area contributed by atoms with Crippen molar-refractivity contribution < 1.29 is 4.74 Å². The van der Waals surface area contributed by atoms with Crippen LogP contribution in [0.1, 0.15) is 22.3 Å². The fourth-order valence-corrected chi connectivity index (χ4v) is 3.54. The molecule has 0 aliphatic heterocycles. The van der Waals surface area contributed by atoms with Crippen LogP contribution in [-0.2, 0) is 13.1 Å². The quantitative estimate of drug-likeness (QED) is 0.365. The Labute approximate surface area is 175 Å². The van der Waals surface area contributed by atoms with E-state index in [0.717, 1.165) is 33.3 Å². The van der Waals surface area contributed by atoms with Crippen molar-refractivity contribution >= 4 is 17.1 Å². The van der Waals surface area contributed by atoms with E-state index in [0.29, 0.717) is 18.7 Å². The molecule has 0 saturated carbocycles. The molecule has 1 aromatic heterocycles. The minimum atomic E-state index is 0.583. The average molecular weight is 394 g/mol. The van der Waals surface area contributed by atoms with Crippen molar-refractivity contribution in [2.45, 2.75) is 13.1 Å². The van der Waals surface area contributed by atoms with Gasteiger partial charge in [-0.2, -0.15) is 10.4 Å². The normalized spacial score (nSPS) is 10.9. The van der Waals surface area contributed by atoms with Crippen LogP contribution in [0.15, 0.2) is 84.1 Å². The van der Waals surface area contributed by atoms with Crippen molar-refractivity contribution in [3.8, 4) is 11.8 Å². The maximum atomic E-state index is 9.15. The third-order valence-corrected chi connectivity index (χ3v) is 4.99. The van der Waals surface area contributed by atoms with Gasteiger partial charge in [0, 0.05) is 34.8 Å². The number of benzene rings is 3. The molecule has 30 heavy (non-hydrogen) atoms. The highest BCUT2D eigenvalue weighted by Crippen LogP contribution is 2.22. The number of nitriles is 1. The summed E-state index contributed by atoms with van der Waals surface area (Å²) in [6.07, 6.45) is 3.94. The van der Waals surface area contributed by atoms with Crippen molar-refractivity contribution in [2.24, 2.45) is 5.10 Å². The Balaban J connectivity index is 1.54. The topological polar surface area (TPSA) is 62.3 Å². The Hall–Kier alpha value is -4.04. The molecule has 0 amide bonds. The first kappa shape index (κ1) is 19.3. The van der Waals surface area contributed by atoms with E-state index < -0.39 is 0 Å². The van der Waals surface area contributed by atoms with Gasteiger partial charge >= 0.3 is 0 Å². The van der Waals surface area contributed by atoms with Gasteiger partial charge in [-0.25, -0.2) is 0 Å². The summed E-state index contributed by atoms with van der Waals surface area (Å²) >= 11 is 0. The number of hydrazone groups is 1. The molecule has 4 rings (SSSR count). The van der Waals surface area contributed by atoms with Crippen molar-refractivity contribution in [3.05, 3.63) is 101 Å². The van der Waals surface area contributed by atoms with Gasteiger partial charge in [0.25, 0.3) is 0 Å². The van der Waals surface area contributed by atoms with E-state index in [1.807, 2.05) is 66.9 Å². The van der Waals surface area contributed by atoms with Gasteiger partial charge in [0.2, 0.25) is 0 Å². The summed E-state index contributed by atoms with van der Waals surface area (Å²) in [6.45, 7) is 1.28. The molecule has 0 atom stereocenters. The number of para-hydroxylation sites is 2. The van der Waals surface area contributed by atoms with Gasteiger partial charge < -0.3 is 14.7 Å². The highest BCUT2D eigenvalue weighted by Gasteiger charge is 2.08. The number of fused-ring (bicyclic) bond motifs is 1. The third-order valence-electron chi connectivity index (χ3n) is 4.99. The van der Waals surface area contributed by atoms with Crippen LogP contribution in [0.2, 0.25) is 0 Å². The highest BCUT2D eigenvalue weighted by molar-refractivity contribution is 5.99. The molecule has 0 spiro atoms. The predicted octanol–water partition coefficient (Wildman–Crippen LogP) is 4.69. The first-order chi connectivity index (χ1) is 14.8. The highest BCUT2D eigenvalue weighted by atomic mass is 16.5. The zero-order valence-electron chi connectivity index (χ0n) is 16.7.